The number of morpholine rings is 1. The number of benzene rings is 2. The Morgan fingerprint density at radius 3 is 2.16 bits per heavy atom. The number of hydrogen-bond donors (Lipinski definition) is 1. The molecular formula is C24H33N3O4S. The molecule has 1 fully saturated rings. The van der Waals surface area contributed by atoms with E-state index in [1.807, 2.05) is 31.2 Å². The smallest absolute Gasteiger partial charge is 0.243 e. The zero-order valence-electron chi connectivity index (χ0n) is 19.1. The largest absolute Gasteiger partial charge is 0.379 e. The minimum absolute atomic E-state index is 0.340. The summed E-state index contributed by atoms with van der Waals surface area (Å²) in [6.45, 7) is 8.29. The minimum atomic E-state index is -3.63. The zero-order valence-corrected chi connectivity index (χ0v) is 19.9. The van der Waals surface area contributed by atoms with Gasteiger partial charge in [-0.3, -0.25) is 14.0 Å². The standard InChI is InChI=1S/C24H33N3O4S/c1-4-20-9-11-23(12-10-20)27(32(3,29)30)19(2)24(28)25-17-21-5-7-22(8-6-21)18-26-13-15-31-16-14-26/h5-12,19H,4,13-18H2,1-3H3,(H,25,28). The van der Waals surface area contributed by atoms with Crippen molar-refractivity contribution < 1.29 is 17.9 Å². The molecule has 1 heterocycles. The Kier molecular flexibility index (Phi) is 8.28. The van der Waals surface area contributed by atoms with Crippen LogP contribution in [0, 0.1) is 0 Å². The molecule has 0 saturated carbocycles. The summed E-state index contributed by atoms with van der Waals surface area (Å²) in [5, 5.41) is 2.87. The first-order valence-electron chi connectivity index (χ1n) is 11.0. The van der Waals surface area contributed by atoms with Gasteiger partial charge in [-0.05, 0) is 42.2 Å². The van der Waals surface area contributed by atoms with E-state index in [-0.39, 0.29) is 5.91 Å². The average Bonchev–Trinajstić information content (AvgIpc) is 2.78. The summed E-state index contributed by atoms with van der Waals surface area (Å²) in [6.07, 6.45) is 1.98. The van der Waals surface area contributed by atoms with Gasteiger partial charge in [0.15, 0.2) is 0 Å². The van der Waals surface area contributed by atoms with Crippen LogP contribution in [0.4, 0.5) is 5.69 Å². The van der Waals surface area contributed by atoms with E-state index >= 15 is 0 Å². The van der Waals surface area contributed by atoms with Crippen molar-refractivity contribution in [1.29, 1.82) is 0 Å². The van der Waals surface area contributed by atoms with E-state index in [0.717, 1.165) is 56.7 Å². The molecule has 0 bridgehead atoms. The molecular weight excluding hydrogens is 426 g/mol. The third kappa shape index (κ3) is 6.54. The number of rotatable bonds is 9. The monoisotopic (exact) mass is 459 g/mol. The molecule has 0 aliphatic carbocycles. The molecule has 3 rings (SSSR count). The maximum absolute atomic E-state index is 12.8. The Morgan fingerprint density at radius 2 is 1.59 bits per heavy atom. The Morgan fingerprint density at radius 1 is 1.03 bits per heavy atom. The topological polar surface area (TPSA) is 79.0 Å². The van der Waals surface area contributed by atoms with Crippen LogP contribution in [0.25, 0.3) is 0 Å². The van der Waals surface area contributed by atoms with Gasteiger partial charge in [0.25, 0.3) is 0 Å². The first-order valence-corrected chi connectivity index (χ1v) is 12.9. The normalized spacial score (nSPS) is 15.8. The highest BCUT2D eigenvalue weighted by Gasteiger charge is 2.28. The van der Waals surface area contributed by atoms with E-state index in [0.29, 0.717) is 12.2 Å². The molecule has 0 spiro atoms. The average molecular weight is 460 g/mol. The van der Waals surface area contributed by atoms with Crippen molar-refractivity contribution in [1.82, 2.24) is 10.2 Å². The van der Waals surface area contributed by atoms with Crippen LogP contribution in [-0.4, -0.2) is 57.8 Å². The maximum Gasteiger partial charge on any atom is 0.243 e. The number of nitrogens with one attached hydrogen (secondary N) is 1. The van der Waals surface area contributed by atoms with Crippen LogP contribution in [0.3, 0.4) is 0 Å². The van der Waals surface area contributed by atoms with Gasteiger partial charge in [-0.1, -0.05) is 43.3 Å². The van der Waals surface area contributed by atoms with Gasteiger partial charge in [-0.15, -0.1) is 0 Å². The summed E-state index contributed by atoms with van der Waals surface area (Å²) < 4.78 is 31.4. The second kappa shape index (κ2) is 10.9. The lowest BCUT2D eigenvalue weighted by Gasteiger charge is -2.28. The van der Waals surface area contributed by atoms with Crippen LogP contribution in [-0.2, 0) is 39.1 Å². The van der Waals surface area contributed by atoms with Gasteiger partial charge in [0.2, 0.25) is 15.9 Å². The Bertz CT molecular complexity index is 985. The van der Waals surface area contributed by atoms with Gasteiger partial charge in [-0.2, -0.15) is 0 Å². The van der Waals surface area contributed by atoms with E-state index in [9.17, 15) is 13.2 Å². The van der Waals surface area contributed by atoms with Gasteiger partial charge >= 0.3 is 0 Å². The molecule has 1 atom stereocenters. The highest BCUT2D eigenvalue weighted by molar-refractivity contribution is 7.92. The van der Waals surface area contributed by atoms with E-state index < -0.39 is 16.1 Å². The molecule has 1 aliphatic heterocycles. The predicted octanol–water partition coefficient (Wildman–Crippen LogP) is 2.55. The number of aryl methyl sites for hydroxylation is 1. The highest BCUT2D eigenvalue weighted by Crippen LogP contribution is 2.22. The molecule has 0 radical (unpaired) electrons. The summed E-state index contributed by atoms with van der Waals surface area (Å²) in [7, 11) is -3.63. The Balaban J connectivity index is 1.60. The minimum Gasteiger partial charge on any atom is -0.379 e. The number of carbonyl (C=O) groups is 1. The molecule has 1 amide bonds. The Hall–Kier alpha value is -2.42. The second-order valence-electron chi connectivity index (χ2n) is 8.18. The predicted molar refractivity (Wildman–Crippen MR) is 127 cm³/mol. The summed E-state index contributed by atoms with van der Waals surface area (Å²) in [6, 6.07) is 14.5. The summed E-state index contributed by atoms with van der Waals surface area (Å²) in [5.41, 5.74) is 3.78. The maximum atomic E-state index is 12.8. The SMILES string of the molecule is CCc1ccc(N(C(C)C(=O)NCc2ccc(CN3CCOCC3)cc2)S(C)(=O)=O)cc1. The van der Waals surface area contributed by atoms with E-state index in [1.165, 1.54) is 9.87 Å². The van der Waals surface area contributed by atoms with Crippen molar-refractivity contribution in [2.45, 2.75) is 39.4 Å². The molecule has 174 valence electrons. The fourth-order valence-electron chi connectivity index (χ4n) is 3.80. The molecule has 32 heavy (non-hydrogen) atoms. The number of hydrogen-bond acceptors (Lipinski definition) is 5. The first kappa shape index (κ1) is 24.2. The van der Waals surface area contributed by atoms with Crippen LogP contribution >= 0.6 is 0 Å². The van der Waals surface area contributed by atoms with Gasteiger partial charge in [0.05, 0.1) is 25.2 Å². The molecule has 1 saturated heterocycles. The van der Waals surface area contributed by atoms with Gasteiger partial charge in [-0.25, -0.2) is 8.42 Å². The molecule has 8 heteroatoms. The second-order valence-corrected chi connectivity index (χ2v) is 10.0. The fraction of sp³-hybridized carbons (Fsp3) is 0.458. The molecule has 2 aromatic rings. The molecule has 2 aromatic carbocycles. The van der Waals surface area contributed by atoms with Crippen molar-refractivity contribution in [3.63, 3.8) is 0 Å². The highest BCUT2D eigenvalue weighted by atomic mass is 32.2. The molecule has 1 N–H and O–H groups in total. The summed E-state index contributed by atoms with van der Waals surface area (Å²) in [5.74, 6) is -0.340. The van der Waals surface area contributed by atoms with Crippen LogP contribution in [0.15, 0.2) is 48.5 Å². The summed E-state index contributed by atoms with van der Waals surface area (Å²) >= 11 is 0. The lowest BCUT2D eigenvalue weighted by molar-refractivity contribution is -0.122. The number of nitrogens with zero attached hydrogens (tertiary/aromatic N) is 2. The lowest BCUT2D eigenvalue weighted by Crippen LogP contribution is -2.47. The quantitative estimate of drug-likeness (QED) is 0.624. The van der Waals surface area contributed by atoms with Crippen molar-refractivity contribution in [3.8, 4) is 0 Å². The van der Waals surface area contributed by atoms with Crippen molar-refractivity contribution in [3.05, 3.63) is 65.2 Å². The number of carbonyl (C=O) groups excluding carboxylic acids is 1. The number of anilines is 1. The fourth-order valence-corrected chi connectivity index (χ4v) is 4.98. The Labute approximate surface area is 191 Å². The zero-order chi connectivity index (χ0) is 23.1. The van der Waals surface area contributed by atoms with E-state index in [4.69, 9.17) is 4.74 Å². The van der Waals surface area contributed by atoms with Gasteiger partial charge in [0, 0.05) is 26.2 Å². The third-order valence-electron chi connectivity index (χ3n) is 5.69. The van der Waals surface area contributed by atoms with Crippen LogP contribution in [0.1, 0.15) is 30.5 Å². The summed E-state index contributed by atoms with van der Waals surface area (Å²) in [4.78, 5) is 15.2. The van der Waals surface area contributed by atoms with Gasteiger partial charge in [0.1, 0.15) is 6.04 Å². The number of ether oxygens (including phenoxy) is 1. The van der Waals surface area contributed by atoms with Crippen molar-refractivity contribution in [2.75, 3.05) is 36.9 Å². The molecule has 7 nitrogen and oxygen atoms in total. The van der Waals surface area contributed by atoms with Gasteiger partial charge < -0.3 is 10.1 Å². The third-order valence-corrected chi connectivity index (χ3v) is 6.93. The van der Waals surface area contributed by atoms with Crippen LogP contribution in [0.2, 0.25) is 0 Å². The van der Waals surface area contributed by atoms with Crippen molar-refractivity contribution >= 4 is 21.6 Å². The van der Waals surface area contributed by atoms with E-state index in [1.54, 1.807) is 19.1 Å². The first-order chi connectivity index (χ1) is 15.3. The molecule has 1 unspecified atom stereocenters. The van der Waals surface area contributed by atoms with Crippen molar-refractivity contribution in [2.24, 2.45) is 0 Å². The number of amides is 1. The number of sulfonamides is 1. The molecule has 1 aliphatic rings. The lowest BCUT2D eigenvalue weighted by atomic mass is 10.1. The van der Waals surface area contributed by atoms with Crippen LogP contribution < -0.4 is 9.62 Å². The molecule has 0 aromatic heterocycles. The van der Waals surface area contributed by atoms with E-state index in [2.05, 4.69) is 22.3 Å². The van der Waals surface area contributed by atoms with Crippen LogP contribution in [0.5, 0.6) is 0 Å².